The zero-order valence-corrected chi connectivity index (χ0v) is 12.8. The number of halogens is 1. The van der Waals surface area contributed by atoms with Crippen molar-refractivity contribution in [1.29, 1.82) is 0 Å². The fourth-order valence-electron chi connectivity index (χ4n) is 1.57. The number of pyridine rings is 1. The topological polar surface area (TPSA) is 62.6 Å². The molecule has 1 heterocycles. The molecule has 0 fully saturated rings. The Balaban J connectivity index is 2.68. The van der Waals surface area contributed by atoms with Gasteiger partial charge in [0.05, 0.1) is 4.90 Å². The van der Waals surface area contributed by atoms with Crippen LogP contribution in [-0.2, 0) is 10.0 Å². The number of fused-ring (bicyclic) bond motifs is 1. The SMILES string of the molecule is CN(C)C=NS(=O)(=O)c1cc(Br)cc2cnccc12. The van der Waals surface area contributed by atoms with E-state index < -0.39 is 10.0 Å². The Morgan fingerprint density at radius 1 is 1.37 bits per heavy atom. The molecular formula is C12H12BrN3O2S. The molecule has 0 atom stereocenters. The summed E-state index contributed by atoms with van der Waals surface area (Å²) in [6, 6.07) is 5.03. The van der Waals surface area contributed by atoms with Crippen LogP contribution in [0.5, 0.6) is 0 Å². The molecule has 19 heavy (non-hydrogen) atoms. The highest BCUT2D eigenvalue weighted by atomic mass is 79.9. The molecular weight excluding hydrogens is 330 g/mol. The van der Waals surface area contributed by atoms with E-state index in [4.69, 9.17) is 0 Å². The Bertz CT molecular complexity index is 742. The van der Waals surface area contributed by atoms with Crippen LogP contribution in [0.4, 0.5) is 0 Å². The first-order valence-corrected chi connectivity index (χ1v) is 7.63. The predicted octanol–water partition coefficient (Wildman–Crippen LogP) is 2.28. The maximum absolute atomic E-state index is 12.2. The van der Waals surface area contributed by atoms with Crippen LogP contribution in [0.3, 0.4) is 0 Å². The van der Waals surface area contributed by atoms with E-state index in [0.717, 1.165) is 5.39 Å². The van der Waals surface area contributed by atoms with Crippen LogP contribution in [-0.4, -0.2) is 38.7 Å². The quantitative estimate of drug-likeness (QED) is 0.634. The summed E-state index contributed by atoms with van der Waals surface area (Å²) in [5, 5.41) is 1.35. The number of sulfonamides is 1. The molecule has 0 aliphatic heterocycles. The van der Waals surface area contributed by atoms with Gasteiger partial charge in [-0.2, -0.15) is 8.42 Å². The normalized spacial score (nSPS) is 12.2. The molecule has 7 heteroatoms. The molecule has 100 valence electrons. The third-order valence-electron chi connectivity index (χ3n) is 2.37. The number of hydrogen-bond acceptors (Lipinski definition) is 3. The second-order valence-electron chi connectivity index (χ2n) is 4.16. The van der Waals surface area contributed by atoms with E-state index >= 15 is 0 Å². The first-order valence-electron chi connectivity index (χ1n) is 5.40. The van der Waals surface area contributed by atoms with Gasteiger partial charge >= 0.3 is 0 Å². The molecule has 0 saturated heterocycles. The number of benzene rings is 1. The monoisotopic (exact) mass is 341 g/mol. The van der Waals surface area contributed by atoms with Gasteiger partial charge in [-0.3, -0.25) is 4.98 Å². The van der Waals surface area contributed by atoms with Crippen molar-refractivity contribution in [1.82, 2.24) is 9.88 Å². The highest BCUT2D eigenvalue weighted by Crippen LogP contribution is 2.28. The molecule has 0 aliphatic carbocycles. The highest BCUT2D eigenvalue weighted by molar-refractivity contribution is 9.10. The molecule has 0 unspecified atom stereocenters. The fraction of sp³-hybridized carbons (Fsp3) is 0.167. The number of nitrogens with zero attached hydrogens (tertiary/aromatic N) is 3. The molecule has 0 spiro atoms. The minimum Gasteiger partial charge on any atom is -0.368 e. The van der Waals surface area contributed by atoms with Gasteiger partial charge in [-0.1, -0.05) is 15.9 Å². The highest BCUT2D eigenvalue weighted by Gasteiger charge is 2.17. The van der Waals surface area contributed by atoms with Gasteiger partial charge in [0.25, 0.3) is 10.0 Å². The van der Waals surface area contributed by atoms with E-state index in [1.807, 2.05) is 6.07 Å². The van der Waals surface area contributed by atoms with Crippen molar-refractivity contribution in [3.05, 3.63) is 35.1 Å². The lowest BCUT2D eigenvalue weighted by atomic mass is 10.2. The first-order chi connectivity index (χ1) is 8.90. The second-order valence-corrected chi connectivity index (χ2v) is 6.68. The Morgan fingerprint density at radius 3 is 2.79 bits per heavy atom. The molecule has 2 rings (SSSR count). The van der Waals surface area contributed by atoms with E-state index in [0.29, 0.717) is 9.86 Å². The standard InChI is InChI=1S/C12H12BrN3O2S/c1-16(2)8-15-19(17,18)12-6-10(13)5-9-7-14-4-3-11(9)12/h3-8H,1-2H3. The molecule has 0 N–H and O–H groups in total. The number of hydrogen-bond donors (Lipinski definition) is 0. The van der Waals surface area contributed by atoms with Crippen LogP contribution in [0.2, 0.25) is 0 Å². The van der Waals surface area contributed by atoms with Crippen molar-refractivity contribution in [2.75, 3.05) is 14.1 Å². The lowest BCUT2D eigenvalue weighted by molar-refractivity contribution is 0.595. The molecule has 0 radical (unpaired) electrons. The smallest absolute Gasteiger partial charge is 0.284 e. The summed E-state index contributed by atoms with van der Waals surface area (Å²) in [6.07, 6.45) is 4.45. The van der Waals surface area contributed by atoms with Crippen LogP contribution in [0, 0.1) is 0 Å². The molecule has 1 aromatic carbocycles. The first kappa shape index (κ1) is 14.0. The minimum absolute atomic E-state index is 0.164. The van der Waals surface area contributed by atoms with Crippen molar-refractivity contribution in [2.45, 2.75) is 4.90 Å². The summed E-state index contributed by atoms with van der Waals surface area (Å²) in [6.45, 7) is 0. The van der Waals surface area contributed by atoms with Gasteiger partial charge in [-0.25, -0.2) is 0 Å². The van der Waals surface area contributed by atoms with Gasteiger partial charge in [-0.05, 0) is 18.2 Å². The maximum atomic E-state index is 12.2. The van der Waals surface area contributed by atoms with Crippen LogP contribution >= 0.6 is 15.9 Å². The van der Waals surface area contributed by atoms with Crippen LogP contribution in [0.15, 0.2) is 44.4 Å². The molecule has 0 aliphatic rings. The van der Waals surface area contributed by atoms with Gasteiger partial charge in [0.15, 0.2) is 0 Å². The molecule has 0 saturated carbocycles. The molecule has 0 amide bonds. The third-order valence-corrected chi connectivity index (χ3v) is 4.10. The Kier molecular flexibility index (Phi) is 3.86. The van der Waals surface area contributed by atoms with E-state index in [9.17, 15) is 8.42 Å². The van der Waals surface area contributed by atoms with Crippen LogP contribution < -0.4 is 0 Å². The zero-order valence-electron chi connectivity index (χ0n) is 10.4. The second kappa shape index (κ2) is 5.26. The molecule has 1 aromatic heterocycles. The third kappa shape index (κ3) is 3.10. The molecule has 5 nitrogen and oxygen atoms in total. The molecule has 2 aromatic rings. The van der Waals surface area contributed by atoms with Gasteiger partial charge < -0.3 is 4.90 Å². The Labute approximate surface area is 120 Å². The fourth-order valence-corrected chi connectivity index (χ4v) is 3.36. The van der Waals surface area contributed by atoms with E-state index in [-0.39, 0.29) is 4.90 Å². The maximum Gasteiger partial charge on any atom is 0.284 e. The molecule has 0 bridgehead atoms. The van der Waals surface area contributed by atoms with Crippen molar-refractivity contribution in [3.63, 3.8) is 0 Å². The predicted molar refractivity (Wildman–Crippen MR) is 78.8 cm³/mol. The average Bonchev–Trinajstić information content (AvgIpc) is 2.35. The van der Waals surface area contributed by atoms with Crippen molar-refractivity contribution >= 4 is 43.1 Å². The van der Waals surface area contributed by atoms with Gasteiger partial charge in [0.2, 0.25) is 0 Å². The zero-order chi connectivity index (χ0) is 14.0. The Hall–Kier alpha value is -1.47. The van der Waals surface area contributed by atoms with E-state index in [2.05, 4.69) is 25.3 Å². The van der Waals surface area contributed by atoms with E-state index in [1.165, 1.54) is 6.34 Å². The van der Waals surface area contributed by atoms with Crippen molar-refractivity contribution < 1.29 is 8.42 Å². The van der Waals surface area contributed by atoms with Gasteiger partial charge in [0, 0.05) is 41.7 Å². The summed E-state index contributed by atoms with van der Waals surface area (Å²) in [5.74, 6) is 0. The number of aromatic nitrogens is 1. The van der Waals surface area contributed by atoms with Gasteiger partial charge in [0.1, 0.15) is 6.34 Å². The Morgan fingerprint density at radius 2 is 2.11 bits per heavy atom. The number of rotatable bonds is 3. The summed E-state index contributed by atoms with van der Waals surface area (Å²) in [7, 11) is -0.314. The lowest BCUT2D eigenvalue weighted by Gasteiger charge is -2.07. The van der Waals surface area contributed by atoms with Gasteiger partial charge in [-0.15, -0.1) is 4.40 Å². The largest absolute Gasteiger partial charge is 0.368 e. The summed E-state index contributed by atoms with van der Waals surface area (Å²) in [5.41, 5.74) is 0. The van der Waals surface area contributed by atoms with Crippen LogP contribution in [0.1, 0.15) is 0 Å². The summed E-state index contributed by atoms with van der Waals surface area (Å²) >= 11 is 3.30. The van der Waals surface area contributed by atoms with Crippen molar-refractivity contribution in [2.24, 2.45) is 4.40 Å². The van der Waals surface area contributed by atoms with E-state index in [1.54, 1.807) is 43.5 Å². The lowest BCUT2D eigenvalue weighted by Crippen LogP contribution is -2.10. The van der Waals surface area contributed by atoms with Crippen molar-refractivity contribution in [3.8, 4) is 0 Å². The summed E-state index contributed by atoms with van der Waals surface area (Å²) in [4.78, 5) is 5.72. The van der Waals surface area contributed by atoms with Crippen LogP contribution in [0.25, 0.3) is 10.8 Å². The average molecular weight is 342 g/mol. The minimum atomic E-state index is -3.73. The summed E-state index contributed by atoms with van der Waals surface area (Å²) < 4.78 is 28.8.